The average Bonchev–Trinajstić information content (AvgIpc) is 2.93. The van der Waals surface area contributed by atoms with Gasteiger partial charge in [-0.1, -0.05) is 17.7 Å². The summed E-state index contributed by atoms with van der Waals surface area (Å²) in [6.45, 7) is 6.77. The van der Waals surface area contributed by atoms with Crippen LogP contribution in [0.15, 0.2) is 49.1 Å². The number of amides is 1. The first-order valence-electron chi connectivity index (χ1n) is 7.15. The summed E-state index contributed by atoms with van der Waals surface area (Å²) in [5, 5.41) is 2.79. The van der Waals surface area contributed by atoms with Gasteiger partial charge in [-0.15, -0.1) is 17.9 Å². The first-order chi connectivity index (χ1) is 11.0. The van der Waals surface area contributed by atoms with Gasteiger partial charge in [-0.25, -0.2) is 4.39 Å². The maximum atomic E-state index is 12.9. The van der Waals surface area contributed by atoms with Crippen LogP contribution >= 0.6 is 22.9 Å². The molecule has 0 radical (unpaired) electrons. The summed E-state index contributed by atoms with van der Waals surface area (Å²) in [4.78, 5) is 15.5. The Kier molecular flexibility index (Phi) is 6.33. The van der Waals surface area contributed by atoms with E-state index in [1.807, 2.05) is 24.0 Å². The van der Waals surface area contributed by atoms with Gasteiger partial charge < -0.3 is 5.32 Å². The zero-order valence-corrected chi connectivity index (χ0v) is 14.3. The Morgan fingerprint density at radius 2 is 2.09 bits per heavy atom. The van der Waals surface area contributed by atoms with E-state index in [4.69, 9.17) is 11.6 Å². The van der Waals surface area contributed by atoms with Gasteiger partial charge in [0, 0.05) is 23.7 Å². The third-order valence-electron chi connectivity index (χ3n) is 3.39. The minimum Gasteiger partial charge on any atom is -0.325 e. The van der Waals surface area contributed by atoms with E-state index in [2.05, 4.69) is 11.9 Å². The molecule has 1 amide bonds. The van der Waals surface area contributed by atoms with Crippen molar-refractivity contribution in [2.24, 2.45) is 0 Å². The van der Waals surface area contributed by atoms with Gasteiger partial charge in [0.05, 0.1) is 10.4 Å². The van der Waals surface area contributed by atoms with Crippen molar-refractivity contribution in [3.63, 3.8) is 0 Å². The Balaban J connectivity index is 2.03. The number of halogens is 2. The molecule has 0 unspecified atom stereocenters. The molecule has 0 saturated heterocycles. The summed E-state index contributed by atoms with van der Waals surface area (Å²) in [6.07, 6.45) is 1.76. The number of carbonyl (C=O) groups excluding carboxylic acids is 1. The molecule has 2 rings (SSSR count). The van der Waals surface area contributed by atoms with Crippen molar-refractivity contribution < 1.29 is 9.18 Å². The van der Waals surface area contributed by atoms with Gasteiger partial charge in [-0.2, -0.15) is 0 Å². The van der Waals surface area contributed by atoms with Gasteiger partial charge in [-0.05, 0) is 43.3 Å². The van der Waals surface area contributed by atoms with Crippen molar-refractivity contribution in [1.82, 2.24) is 4.90 Å². The minimum atomic E-state index is -0.362. The van der Waals surface area contributed by atoms with E-state index in [0.717, 1.165) is 9.21 Å². The number of hydrogen-bond acceptors (Lipinski definition) is 3. The van der Waals surface area contributed by atoms with Crippen molar-refractivity contribution in [3.8, 4) is 0 Å². The zero-order valence-electron chi connectivity index (χ0n) is 12.8. The van der Waals surface area contributed by atoms with Crippen LogP contribution in [0.2, 0.25) is 4.34 Å². The van der Waals surface area contributed by atoms with Crippen LogP contribution in [0.5, 0.6) is 0 Å². The highest BCUT2D eigenvalue weighted by Gasteiger charge is 2.21. The molecule has 1 atom stereocenters. The number of thiophene rings is 1. The van der Waals surface area contributed by atoms with Gasteiger partial charge in [0.25, 0.3) is 0 Å². The first-order valence-corrected chi connectivity index (χ1v) is 8.34. The lowest BCUT2D eigenvalue weighted by Gasteiger charge is -2.26. The lowest BCUT2D eigenvalue weighted by atomic mass is 10.2. The molecule has 1 aromatic carbocycles. The van der Waals surface area contributed by atoms with Gasteiger partial charge in [0.15, 0.2) is 0 Å². The maximum absolute atomic E-state index is 12.9. The van der Waals surface area contributed by atoms with E-state index >= 15 is 0 Å². The van der Waals surface area contributed by atoms with Crippen LogP contribution in [0.3, 0.4) is 0 Å². The van der Waals surface area contributed by atoms with Crippen LogP contribution in [0.1, 0.15) is 11.8 Å². The van der Waals surface area contributed by atoms with Gasteiger partial charge in [-0.3, -0.25) is 9.69 Å². The number of nitrogens with one attached hydrogen (secondary N) is 1. The maximum Gasteiger partial charge on any atom is 0.241 e. The van der Waals surface area contributed by atoms with E-state index in [9.17, 15) is 9.18 Å². The van der Waals surface area contributed by atoms with Gasteiger partial charge >= 0.3 is 0 Å². The average molecular weight is 353 g/mol. The predicted octanol–water partition coefficient (Wildman–Crippen LogP) is 4.56. The molecular weight excluding hydrogens is 335 g/mol. The molecule has 0 fully saturated rings. The number of benzene rings is 1. The van der Waals surface area contributed by atoms with Crippen LogP contribution in [0.25, 0.3) is 0 Å². The second kappa shape index (κ2) is 8.24. The SMILES string of the molecule is C=CCN(Cc1ccc(Cl)s1)[C@H](C)C(=O)Nc1ccc(F)cc1. The molecule has 1 aromatic heterocycles. The Hall–Kier alpha value is -1.69. The molecule has 0 aliphatic rings. The number of anilines is 1. The topological polar surface area (TPSA) is 32.3 Å². The van der Waals surface area contributed by atoms with Crippen molar-refractivity contribution in [3.05, 3.63) is 64.1 Å². The highest BCUT2D eigenvalue weighted by molar-refractivity contribution is 7.16. The molecule has 2 aromatic rings. The number of rotatable bonds is 7. The first kappa shape index (κ1) is 17.7. The lowest BCUT2D eigenvalue weighted by Crippen LogP contribution is -2.41. The second-order valence-electron chi connectivity index (χ2n) is 5.10. The Labute approximate surface area is 144 Å². The van der Waals surface area contributed by atoms with Crippen molar-refractivity contribution >= 4 is 34.5 Å². The summed E-state index contributed by atoms with van der Waals surface area (Å²) in [7, 11) is 0. The van der Waals surface area contributed by atoms with E-state index in [0.29, 0.717) is 18.8 Å². The van der Waals surface area contributed by atoms with Crippen LogP contribution < -0.4 is 5.32 Å². The smallest absolute Gasteiger partial charge is 0.241 e. The van der Waals surface area contributed by atoms with Crippen LogP contribution in [0, 0.1) is 5.82 Å². The molecule has 1 heterocycles. The molecule has 6 heteroatoms. The molecule has 122 valence electrons. The molecule has 0 saturated carbocycles. The standard InChI is InChI=1S/C17H18ClFN2OS/c1-3-10-21(11-15-8-9-16(18)23-15)12(2)17(22)20-14-6-4-13(19)5-7-14/h3-9,12H,1,10-11H2,2H3,(H,20,22)/t12-/m1/s1. The Morgan fingerprint density at radius 3 is 2.65 bits per heavy atom. The molecule has 0 spiro atoms. The van der Waals surface area contributed by atoms with E-state index in [1.165, 1.54) is 35.6 Å². The minimum absolute atomic E-state index is 0.152. The van der Waals surface area contributed by atoms with E-state index < -0.39 is 0 Å². The molecule has 1 N–H and O–H groups in total. The molecule has 0 aliphatic heterocycles. The quantitative estimate of drug-likeness (QED) is 0.741. The fourth-order valence-corrected chi connectivity index (χ4v) is 3.22. The van der Waals surface area contributed by atoms with Gasteiger partial charge in [0.2, 0.25) is 5.91 Å². The number of nitrogens with zero attached hydrogens (tertiary/aromatic N) is 1. The predicted molar refractivity (Wildman–Crippen MR) is 94.4 cm³/mol. The molecule has 0 bridgehead atoms. The van der Waals surface area contributed by atoms with Crippen LogP contribution in [-0.2, 0) is 11.3 Å². The summed E-state index contributed by atoms with van der Waals surface area (Å²) < 4.78 is 13.6. The summed E-state index contributed by atoms with van der Waals surface area (Å²) in [5.74, 6) is -0.486. The van der Waals surface area contributed by atoms with Crippen molar-refractivity contribution in [2.75, 3.05) is 11.9 Å². The largest absolute Gasteiger partial charge is 0.325 e. The summed E-state index contributed by atoms with van der Waals surface area (Å²) >= 11 is 7.45. The van der Waals surface area contributed by atoms with Crippen LogP contribution in [-0.4, -0.2) is 23.4 Å². The van der Waals surface area contributed by atoms with Gasteiger partial charge in [0.1, 0.15) is 5.82 Å². The molecule has 23 heavy (non-hydrogen) atoms. The van der Waals surface area contributed by atoms with Crippen LogP contribution in [0.4, 0.5) is 10.1 Å². The second-order valence-corrected chi connectivity index (χ2v) is 6.90. The summed E-state index contributed by atoms with van der Waals surface area (Å²) in [6, 6.07) is 9.14. The highest BCUT2D eigenvalue weighted by atomic mass is 35.5. The Morgan fingerprint density at radius 1 is 1.39 bits per heavy atom. The monoisotopic (exact) mass is 352 g/mol. The van der Waals surface area contributed by atoms with Crippen molar-refractivity contribution in [1.29, 1.82) is 0 Å². The lowest BCUT2D eigenvalue weighted by molar-refractivity contribution is -0.120. The normalized spacial score (nSPS) is 12.2. The zero-order chi connectivity index (χ0) is 16.8. The van der Waals surface area contributed by atoms with E-state index in [1.54, 1.807) is 6.08 Å². The Bertz CT molecular complexity index is 671. The van der Waals surface area contributed by atoms with Crippen molar-refractivity contribution in [2.45, 2.75) is 19.5 Å². The third-order valence-corrected chi connectivity index (χ3v) is 4.61. The molecule has 0 aliphatic carbocycles. The molecular formula is C17H18ClFN2OS. The third kappa shape index (κ3) is 5.16. The highest BCUT2D eigenvalue weighted by Crippen LogP contribution is 2.23. The van der Waals surface area contributed by atoms with E-state index in [-0.39, 0.29) is 17.8 Å². The fraction of sp³-hybridized carbons (Fsp3) is 0.235. The summed E-state index contributed by atoms with van der Waals surface area (Å²) in [5.41, 5.74) is 0.570. The fourth-order valence-electron chi connectivity index (χ4n) is 2.11. The number of carbonyl (C=O) groups is 1. The number of hydrogen-bond donors (Lipinski definition) is 1. The molecule has 3 nitrogen and oxygen atoms in total.